The van der Waals surface area contributed by atoms with Gasteiger partial charge < -0.3 is 14.2 Å². The predicted octanol–water partition coefficient (Wildman–Crippen LogP) is 2.70. The highest BCUT2D eigenvalue weighted by atomic mass is 32.1. The topological polar surface area (TPSA) is 75.0 Å². The zero-order valence-corrected chi connectivity index (χ0v) is 17.2. The summed E-state index contributed by atoms with van der Waals surface area (Å²) in [7, 11) is 4.65. The number of rotatable bonds is 5. The van der Waals surface area contributed by atoms with Gasteiger partial charge in [0.2, 0.25) is 10.7 Å². The minimum Gasteiger partial charge on any atom is -0.493 e. The van der Waals surface area contributed by atoms with Crippen LogP contribution in [0.1, 0.15) is 11.1 Å². The maximum absolute atomic E-state index is 12.8. The molecule has 0 radical (unpaired) electrons. The fraction of sp³-hybridized carbons (Fsp3) is 0.190. The van der Waals surface area contributed by atoms with Gasteiger partial charge in [-0.05, 0) is 30.7 Å². The normalized spacial score (nSPS) is 11.8. The average Bonchev–Trinajstić information content (AvgIpc) is 3.27. The van der Waals surface area contributed by atoms with E-state index in [1.54, 1.807) is 39.5 Å². The molecule has 8 heteroatoms. The lowest BCUT2D eigenvalue weighted by atomic mass is 10.1. The van der Waals surface area contributed by atoms with Crippen molar-refractivity contribution in [1.82, 2.24) is 14.6 Å². The second-order valence-electron chi connectivity index (χ2n) is 6.37. The lowest BCUT2D eigenvalue weighted by Gasteiger charge is -2.12. The smallest absolute Gasteiger partial charge is 0.291 e. The maximum Gasteiger partial charge on any atom is 0.291 e. The lowest BCUT2D eigenvalue weighted by Crippen LogP contribution is -2.23. The van der Waals surface area contributed by atoms with E-state index < -0.39 is 0 Å². The Labute approximate surface area is 170 Å². The van der Waals surface area contributed by atoms with Crippen LogP contribution < -0.4 is 24.3 Å². The summed E-state index contributed by atoms with van der Waals surface area (Å²) in [6.07, 6.45) is 1.76. The molecular weight excluding hydrogens is 390 g/mol. The van der Waals surface area contributed by atoms with Gasteiger partial charge in [-0.1, -0.05) is 41.2 Å². The van der Waals surface area contributed by atoms with E-state index in [4.69, 9.17) is 14.2 Å². The molecule has 0 amide bonds. The van der Waals surface area contributed by atoms with Crippen LogP contribution in [-0.4, -0.2) is 35.9 Å². The van der Waals surface area contributed by atoms with E-state index in [9.17, 15) is 4.79 Å². The maximum atomic E-state index is 12.8. The SMILES string of the molecule is COc1cc(/C=c2\sc3nc(-c4ccc(C)cc4)nn3c2=O)cc(OC)c1OC. The van der Waals surface area contributed by atoms with Gasteiger partial charge in [0.1, 0.15) is 0 Å². The molecule has 148 valence electrons. The van der Waals surface area contributed by atoms with Crippen molar-refractivity contribution in [3.05, 3.63) is 62.4 Å². The number of methoxy groups -OCH3 is 3. The number of aromatic nitrogens is 3. The third-order valence-electron chi connectivity index (χ3n) is 4.48. The summed E-state index contributed by atoms with van der Waals surface area (Å²) in [6, 6.07) is 11.5. The highest BCUT2D eigenvalue weighted by molar-refractivity contribution is 7.15. The van der Waals surface area contributed by atoms with Gasteiger partial charge in [0.25, 0.3) is 5.56 Å². The largest absolute Gasteiger partial charge is 0.493 e. The Morgan fingerprint density at radius 1 is 1.00 bits per heavy atom. The van der Waals surface area contributed by atoms with Crippen molar-refractivity contribution in [2.24, 2.45) is 0 Å². The summed E-state index contributed by atoms with van der Waals surface area (Å²) in [5.74, 6) is 2.07. The molecule has 0 fully saturated rings. The predicted molar refractivity (Wildman–Crippen MR) is 112 cm³/mol. The molecule has 0 bridgehead atoms. The quantitative estimate of drug-likeness (QED) is 0.505. The fourth-order valence-corrected chi connectivity index (χ4v) is 3.90. The average molecular weight is 409 g/mol. The van der Waals surface area contributed by atoms with Crippen LogP contribution in [0.2, 0.25) is 0 Å². The number of nitrogens with zero attached hydrogens (tertiary/aromatic N) is 3. The summed E-state index contributed by atoms with van der Waals surface area (Å²) in [5, 5.41) is 4.38. The van der Waals surface area contributed by atoms with Crippen LogP contribution in [-0.2, 0) is 0 Å². The molecule has 29 heavy (non-hydrogen) atoms. The van der Waals surface area contributed by atoms with E-state index >= 15 is 0 Å². The second kappa shape index (κ2) is 7.56. The number of benzene rings is 2. The Morgan fingerprint density at radius 3 is 2.21 bits per heavy atom. The van der Waals surface area contributed by atoms with Gasteiger partial charge in [-0.3, -0.25) is 4.79 Å². The molecule has 7 nitrogen and oxygen atoms in total. The minimum atomic E-state index is -0.218. The third kappa shape index (κ3) is 3.42. The standard InChI is InChI=1S/C21H19N3O4S/c1-12-5-7-14(8-6-12)19-22-21-24(23-19)20(25)17(29-21)11-13-9-15(26-2)18(28-4)16(10-13)27-3/h5-11H,1-4H3/b17-11-. The molecule has 0 N–H and O–H groups in total. The van der Waals surface area contributed by atoms with Crippen LogP contribution in [0.4, 0.5) is 0 Å². The monoisotopic (exact) mass is 409 g/mol. The molecule has 0 unspecified atom stereocenters. The number of aryl methyl sites for hydroxylation is 1. The summed E-state index contributed by atoms with van der Waals surface area (Å²) in [6.45, 7) is 2.02. The van der Waals surface area contributed by atoms with Crippen LogP contribution in [0, 0.1) is 6.92 Å². The molecule has 4 aromatic rings. The van der Waals surface area contributed by atoms with Crippen molar-refractivity contribution in [3.8, 4) is 28.6 Å². The lowest BCUT2D eigenvalue weighted by molar-refractivity contribution is 0.324. The Hall–Kier alpha value is -3.39. The first-order valence-corrected chi connectivity index (χ1v) is 9.64. The minimum absolute atomic E-state index is 0.218. The van der Waals surface area contributed by atoms with Crippen molar-refractivity contribution < 1.29 is 14.2 Å². The summed E-state index contributed by atoms with van der Waals surface area (Å²) in [5.41, 5.74) is 2.56. The van der Waals surface area contributed by atoms with Gasteiger partial charge in [-0.25, -0.2) is 0 Å². The highest BCUT2D eigenvalue weighted by Gasteiger charge is 2.14. The highest BCUT2D eigenvalue weighted by Crippen LogP contribution is 2.38. The zero-order valence-electron chi connectivity index (χ0n) is 16.4. The number of ether oxygens (including phenoxy) is 3. The van der Waals surface area contributed by atoms with Crippen LogP contribution in [0.15, 0.2) is 41.2 Å². The first-order valence-electron chi connectivity index (χ1n) is 8.82. The van der Waals surface area contributed by atoms with Gasteiger partial charge >= 0.3 is 0 Å². The Bertz CT molecular complexity index is 1270. The zero-order chi connectivity index (χ0) is 20.5. The molecule has 0 aliphatic heterocycles. The van der Waals surface area contributed by atoms with Crippen LogP contribution in [0.3, 0.4) is 0 Å². The van der Waals surface area contributed by atoms with E-state index in [1.165, 1.54) is 15.9 Å². The van der Waals surface area contributed by atoms with E-state index in [2.05, 4.69) is 10.1 Å². The van der Waals surface area contributed by atoms with Crippen molar-refractivity contribution in [1.29, 1.82) is 0 Å². The first-order chi connectivity index (χ1) is 14.0. The van der Waals surface area contributed by atoms with Crippen molar-refractivity contribution in [3.63, 3.8) is 0 Å². The van der Waals surface area contributed by atoms with E-state index in [-0.39, 0.29) is 5.56 Å². The first kappa shape index (κ1) is 18.9. The van der Waals surface area contributed by atoms with Crippen LogP contribution >= 0.6 is 11.3 Å². The van der Waals surface area contributed by atoms with Gasteiger partial charge in [0.05, 0.1) is 25.9 Å². The number of thiazole rings is 1. The van der Waals surface area contributed by atoms with Crippen molar-refractivity contribution in [2.75, 3.05) is 21.3 Å². The van der Waals surface area contributed by atoms with Crippen molar-refractivity contribution in [2.45, 2.75) is 6.92 Å². The van der Waals surface area contributed by atoms with Gasteiger partial charge in [0.15, 0.2) is 17.3 Å². The van der Waals surface area contributed by atoms with Gasteiger partial charge in [0, 0.05) is 5.56 Å². The Kier molecular flexibility index (Phi) is 4.94. The summed E-state index contributed by atoms with van der Waals surface area (Å²) in [4.78, 5) is 17.9. The molecule has 0 spiro atoms. The molecular formula is C21H19N3O4S. The molecule has 2 heterocycles. The number of hydrogen-bond donors (Lipinski definition) is 0. The van der Waals surface area contributed by atoms with E-state index in [0.717, 1.165) is 16.7 Å². The van der Waals surface area contributed by atoms with Crippen LogP contribution in [0.5, 0.6) is 17.2 Å². The molecule has 2 aromatic carbocycles. The second-order valence-corrected chi connectivity index (χ2v) is 7.38. The van der Waals surface area contributed by atoms with Crippen molar-refractivity contribution >= 4 is 22.4 Å². The van der Waals surface area contributed by atoms with E-state index in [1.807, 2.05) is 31.2 Å². The molecule has 0 aliphatic carbocycles. The number of fused-ring (bicyclic) bond motifs is 1. The molecule has 0 aliphatic rings. The molecule has 0 atom stereocenters. The fourth-order valence-electron chi connectivity index (χ4n) is 2.99. The molecule has 0 saturated heterocycles. The van der Waals surface area contributed by atoms with Gasteiger partial charge in [-0.15, -0.1) is 5.10 Å². The summed E-state index contributed by atoms with van der Waals surface area (Å²) < 4.78 is 17.9. The summed E-state index contributed by atoms with van der Waals surface area (Å²) >= 11 is 1.28. The third-order valence-corrected chi connectivity index (χ3v) is 5.44. The molecule has 4 rings (SSSR count). The van der Waals surface area contributed by atoms with Gasteiger partial charge in [-0.2, -0.15) is 9.50 Å². The Balaban J connectivity index is 1.80. The molecule has 0 saturated carbocycles. The van der Waals surface area contributed by atoms with E-state index in [0.29, 0.717) is 32.6 Å². The number of hydrogen-bond acceptors (Lipinski definition) is 7. The molecule has 2 aromatic heterocycles. The van der Waals surface area contributed by atoms with Crippen LogP contribution in [0.25, 0.3) is 22.4 Å². The Morgan fingerprint density at radius 2 is 1.66 bits per heavy atom.